The summed E-state index contributed by atoms with van der Waals surface area (Å²) < 4.78 is 5.01. The average Bonchev–Trinajstić information content (AvgIpc) is 3.23. The fraction of sp³-hybridized carbons (Fsp3) is 0.400. The Balaban J connectivity index is 1.61. The number of amides is 2. The highest BCUT2D eigenvalue weighted by atomic mass is 16.3. The molecule has 116 valence electrons. The molecule has 1 saturated heterocycles. The standard InChI is InChI=1S/C15H18N4O3/c1-10(20)16-7-11-2-4-19(8-11)15(21)14-6-13(17-18-14)12-3-5-22-9-12/h3,5-6,9,11H,2,4,7-8H2,1H3,(H,16,20)(H,17,18). The Morgan fingerprint density at radius 1 is 1.55 bits per heavy atom. The van der Waals surface area contributed by atoms with E-state index in [1.54, 1.807) is 29.6 Å². The Bertz CT molecular complexity index is 662. The fourth-order valence-corrected chi connectivity index (χ4v) is 2.63. The molecule has 2 aromatic heterocycles. The minimum atomic E-state index is -0.0624. The summed E-state index contributed by atoms with van der Waals surface area (Å²) in [4.78, 5) is 25.2. The van der Waals surface area contributed by atoms with Crippen LogP contribution in [-0.4, -0.2) is 46.5 Å². The van der Waals surface area contributed by atoms with E-state index in [9.17, 15) is 9.59 Å². The molecule has 0 saturated carbocycles. The zero-order chi connectivity index (χ0) is 15.5. The molecule has 1 fully saturated rings. The molecule has 0 spiro atoms. The number of rotatable bonds is 4. The summed E-state index contributed by atoms with van der Waals surface area (Å²) >= 11 is 0. The first kappa shape index (κ1) is 14.4. The molecule has 2 amide bonds. The molecule has 0 radical (unpaired) electrons. The van der Waals surface area contributed by atoms with Crippen molar-refractivity contribution in [2.24, 2.45) is 5.92 Å². The van der Waals surface area contributed by atoms with E-state index in [0.29, 0.717) is 36.9 Å². The maximum Gasteiger partial charge on any atom is 0.271 e. The Labute approximate surface area is 127 Å². The Morgan fingerprint density at radius 2 is 2.41 bits per heavy atom. The second-order valence-electron chi connectivity index (χ2n) is 5.52. The van der Waals surface area contributed by atoms with Crippen LogP contribution in [0.1, 0.15) is 23.8 Å². The molecule has 1 atom stereocenters. The zero-order valence-corrected chi connectivity index (χ0v) is 12.3. The van der Waals surface area contributed by atoms with Crippen molar-refractivity contribution in [3.05, 3.63) is 30.4 Å². The average molecular weight is 302 g/mol. The molecule has 3 rings (SSSR count). The van der Waals surface area contributed by atoms with Crippen molar-refractivity contribution in [1.82, 2.24) is 20.4 Å². The van der Waals surface area contributed by atoms with Crippen molar-refractivity contribution in [3.8, 4) is 11.3 Å². The van der Waals surface area contributed by atoms with Crippen molar-refractivity contribution >= 4 is 11.8 Å². The maximum atomic E-state index is 12.5. The van der Waals surface area contributed by atoms with Crippen LogP contribution in [-0.2, 0) is 4.79 Å². The summed E-state index contributed by atoms with van der Waals surface area (Å²) in [5.41, 5.74) is 1.99. The molecule has 0 aromatic carbocycles. The third-order valence-corrected chi connectivity index (χ3v) is 3.84. The van der Waals surface area contributed by atoms with E-state index in [2.05, 4.69) is 15.5 Å². The summed E-state index contributed by atoms with van der Waals surface area (Å²) in [7, 11) is 0. The van der Waals surface area contributed by atoms with Gasteiger partial charge < -0.3 is 14.6 Å². The molecule has 1 aliphatic rings. The van der Waals surface area contributed by atoms with Gasteiger partial charge in [0.2, 0.25) is 5.91 Å². The fourth-order valence-electron chi connectivity index (χ4n) is 2.63. The Kier molecular flexibility index (Phi) is 3.95. The van der Waals surface area contributed by atoms with E-state index < -0.39 is 0 Å². The molecule has 2 aromatic rings. The van der Waals surface area contributed by atoms with Crippen LogP contribution >= 0.6 is 0 Å². The van der Waals surface area contributed by atoms with Crippen LogP contribution in [0.5, 0.6) is 0 Å². The highest BCUT2D eigenvalue weighted by Crippen LogP contribution is 2.21. The lowest BCUT2D eigenvalue weighted by Crippen LogP contribution is -2.32. The van der Waals surface area contributed by atoms with E-state index in [-0.39, 0.29) is 11.8 Å². The smallest absolute Gasteiger partial charge is 0.271 e. The Hall–Kier alpha value is -2.57. The largest absolute Gasteiger partial charge is 0.472 e. The van der Waals surface area contributed by atoms with Crippen LogP contribution in [0.3, 0.4) is 0 Å². The van der Waals surface area contributed by atoms with Crippen molar-refractivity contribution in [3.63, 3.8) is 0 Å². The molecule has 1 aliphatic heterocycles. The van der Waals surface area contributed by atoms with Gasteiger partial charge in [-0.3, -0.25) is 14.7 Å². The van der Waals surface area contributed by atoms with Gasteiger partial charge in [0, 0.05) is 32.1 Å². The van der Waals surface area contributed by atoms with Crippen molar-refractivity contribution < 1.29 is 14.0 Å². The maximum absolute atomic E-state index is 12.5. The molecular weight excluding hydrogens is 284 g/mol. The van der Waals surface area contributed by atoms with Crippen molar-refractivity contribution in [2.75, 3.05) is 19.6 Å². The topological polar surface area (TPSA) is 91.2 Å². The number of furan rings is 1. The summed E-state index contributed by atoms with van der Waals surface area (Å²) in [6.45, 7) is 3.46. The highest BCUT2D eigenvalue weighted by Gasteiger charge is 2.28. The van der Waals surface area contributed by atoms with Crippen molar-refractivity contribution in [2.45, 2.75) is 13.3 Å². The second kappa shape index (κ2) is 6.05. The third-order valence-electron chi connectivity index (χ3n) is 3.84. The minimum Gasteiger partial charge on any atom is -0.472 e. The number of carbonyl (C=O) groups excluding carboxylic acids is 2. The molecule has 7 heteroatoms. The number of nitrogens with zero attached hydrogens (tertiary/aromatic N) is 2. The normalized spacial score (nSPS) is 17.7. The van der Waals surface area contributed by atoms with Gasteiger partial charge in [0.25, 0.3) is 5.91 Å². The quantitative estimate of drug-likeness (QED) is 0.889. The first-order valence-electron chi connectivity index (χ1n) is 7.25. The van der Waals surface area contributed by atoms with Crippen LogP contribution in [0.15, 0.2) is 29.1 Å². The SMILES string of the molecule is CC(=O)NCC1CCN(C(=O)c2cc(-c3ccoc3)n[nH]2)C1. The van der Waals surface area contributed by atoms with Gasteiger partial charge in [-0.2, -0.15) is 5.10 Å². The summed E-state index contributed by atoms with van der Waals surface area (Å²) in [6.07, 6.45) is 4.05. The number of nitrogens with one attached hydrogen (secondary N) is 2. The lowest BCUT2D eigenvalue weighted by Gasteiger charge is -2.15. The minimum absolute atomic E-state index is 0.0388. The van der Waals surface area contributed by atoms with Gasteiger partial charge in [0.15, 0.2) is 0 Å². The van der Waals surface area contributed by atoms with Gasteiger partial charge in [-0.25, -0.2) is 0 Å². The lowest BCUT2D eigenvalue weighted by atomic mass is 10.1. The van der Waals surface area contributed by atoms with Gasteiger partial charge in [0.05, 0.1) is 18.2 Å². The van der Waals surface area contributed by atoms with E-state index in [1.165, 1.54) is 6.92 Å². The molecule has 0 bridgehead atoms. The Morgan fingerprint density at radius 3 is 3.14 bits per heavy atom. The van der Waals surface area contributed by atoms with E-state index in [1.807, 2.05) is 0 Å². The monoisotopic (exact) mass is 302 g/mol. The number of hydrogen-bond acceptors (Lipinski definition) is 4. The van der Waals surface area contributed by atoms with E-state index in [0.717, 1.165) is 12.0 Å². The zero-order valence-electron chi connectivity index (χ0n) is 12.3. The first-order valence-corrected chi connectivity index (χ1v) is 7.25. The highest BCUT2D eigenvalue weighted by molar-refractivity contribution is 5.93. The second-order valence-corrected chi connectivity index (χ2v) is 5.52. The molecule has 0 aliphatic carbocycles. The molecule has 2 N–H and O–H groups in total. The molecule has 1 unspecified atom stereocenters. The summed E-state index contributed by atoms with van der Waals surface area (Å²) in [5, 5.41) is 9.73. The molecule has 7 nitrogen and oxygen atoms in total. The van der Waals surface area contributed by atoms with Crippen LogP contribution in [0.4, 0.5) is 0 Å². The molecular formula is C15H18N4O3. The van der Waals surface area contributed by atoms with Gasteiger partial charge >= 0.3 is 0 Å². The number of hydrogen-bond donors (Lipinski definition) is 2. The number of H-pyrrole nitrogens is 1. The van der Waals surface area contributed by atoms with Gasteiger partial charge in [-0.05, 0) is 24.5 Å². The summed E-state index contributed by atoms with van der Waals surface area (Å²) in [5.74, 6) is 0.208. The first-order chi connectivity index (χ1) is 10.6. The number of aromatic amines is 1. The van der Waals surface area contributed by atoms with E-state index >= 15 is 0 Å². The third kappa shape index (κ3) is 3.03. The number of carbonyl (C=O) groups is 2. The van der Waals surface area contributed by atoms with Gasteiger partial charge in [-0.15, -0.1) is 0 Å². The predicted octanol–water partition coefficient (Wildman–Crippen LogP) is 1.27. The van der Waals surface area contributed by atoms with Crippen LogP contribution in [0, 0.1) is 5.92 Å². The van der Waals surface area contributed by atoms with Crippen LogP contribution in [0.2, 0.25) is 0 Å². The van der Waals surface area contributed by atoms with Gasteiger partial charge in [0.1, 0.15) is 5.69 Å². The molecule has 22 heavy (non-hydrogen) atoms. The predicted molar refractivity (Wildman–Crippen MR) is 79.0 cm³/mol. The number of aromatic nitrogens is 2. The summed E-state index contributed by atoms with van der Waals surface area (Å²) in [6, 6.07) is 3.53. The number of likely N-dealkylation sites (tertiary alicyclic amines) is 1. The van der Waals surface area contributed by atoms with E-state index in [4.69, 9.17) is 4.42 Å². The molecule has 3 heterocycles. The van der Waals surface area contributed by atoms with Gasteiger partial charge in [-0.1, -0.05) is 0 Å². The lowest BCUT2D eigenvalue weighted by molar-refractivity contribution is -0.119. The van der Waals surface area contributed by atoms with Crippen molar-refractivity contribution in [1.29, 1.82) is 0 Å². The van der Waals surface area contributed by atoms with Crippen LogP contribution in [0.25, 0.3) is 11.3 Å². The van der Waals surface area contributed by atoms with Crippen LogP contribution < -0.4 is 5.32 Å².